The van der Waals surface area contributed by atoms with E-state index in [0.717, 1.165) is 63.8 Å². The van der Waals surface area contributed by atoms with Gasteiger partial charge >= 0.3 is 30.5 Å². The van der Waals surface area contributed by atoms with E-state index in [1.165, 1.54) is 71.0 Å². The highest BCUT2D eigenvalue weighted by atomic mass is 79.9. The van der Waals surface area contributed by atoms with Crippen molar-refractivity contribution in [3.63, 3.8) is 0 Å². The molecule has 3 aliphatic rings. The zero-order chi connectivity index (χ0) is 81.7. The van der Waals surface area contributed by atoms with Crippen LogP contribution in [0.15, 0.2) is 183 Å². The number of methoxy groups -OCH3 is 2. The van der Waals surface area contributed by atoms with E-state index >= 15 is 0 Å². The van der Waals surface area contributed by atoms with E-state index in [1.807, 2.05) is 62.3 Å². The van der Waals surface area contributed by atoms with Crippen molar-refractivity contribution in [3.05, 3.63) is 230 Å². The van der Waals surface area contributed by atoms with Gasteiger partial charge in [-0.1, -0.05) is 145 Å². The van der Waals surface area contributed by atoms with Gasteiger partial charge in [-0.25, -0.2) is 40.2 Å². The largest absolute Gasteiger partial charge is 0.468 e. The minimum Gasteiger partial charge on any atom is -0.468 e. The first-order chi connectivity index (χ1) is 51.6. The first-order valence-corrected chi connectivity index (χ1v) is 39.1. The Bertz CT molecular complexity index is 5350. The van der Waals surface area contributed by atoms with E-state index in [1.54, 1.807) is 72.8 Å². The lowest BCUT2D eigenvalue weighted by molar-refractivity contribution is -0.154. The van der Waals surface area contributed by atoms with E-state index < -0.39 is 96.0 Å². The van der Waals surface area contributed by atoms with Gasteiger partial charge in [0.05, 0.1) is 95.9 Å². The molecule has 0 spiro atoms. The Labute approximate surface area is 644 Å². The smallest absolute Gasteiger partial charge is 0.433 e. The number of fused-ring (bicyclic) bond motifs is 6. The molecule has 0 bridgehead atoms. The summed E-state index contributed by atoms with van der Waals surface area (Å²) in [6, 6.07) is 39.0. The van der Waals surface area contributed by atoms with Crippen molar-refractivity contribution in [3.8, 4) is 0 Å². The van der Waals surface area contributed by atoms with Gasteiger partial charge in [0, 0.05) is 27.1 Å². The average Bonchev–Trinajstić information content (AvgIpc) is 1.69. The molecule has 590 valence electrons. The van der Waals surface area contributed by atoms with Crippen molar-refractivity contribution in [2.45, 2.75) is 143 Å². The third-order valence-corrected chi connectivity index (χ3v) is 24.2. The van der Waals surface area contributed by atoms with Gasteiger partial charge < -0.3 is 35.6 Å². The minimum absolute atomic E-state index is 0.0149. The first kappa shape index (κ1) is 83.6. The fourth-order valence-electron chi connectivity index (χ4n) is 12.0. The molecule has 111 heavy (non-hydrogen) atoms. The predicted molar refractivity (Wildman–Crippen MR) is 404 cm³/mol. The monoisotopic (exact) mass is 1670 g/mol. The Hall–Kier alpha value is -9.87. The van der Waals surface area contributed by atoms with Gasteiger partial charge in [0.25, 0.3) is 30.1 Å². The van der Waals surface area contributed by atoms with Crippen LogP contribution in [0.4, 0.5) is 91.1 Å². The van der Waals surface area contributed by atoms with E-state index in [4.69, 9.17) is 9.47 Å². The predicted octanol–water partition coefficient (Wildman–Crippen LogP) is 16.8. The number of carbonyl (C=O) groups excluding carboxylic acids is 2. The van der Waals surface area contributed by atoms with E-state index in [-0.39, 0.29) is 114 Å². The second kappa shape index (κ2) is 31.4. The lowest BCUT2D eigenvalue weighted by atomic mass is 9.87. The molecule has 6 aromatic carbocycles. The Morgan fingerprint density at radius 3 is 0.982 bits per heavy atom. The summed E-state index contributed by atoms with van der Waals surface area (Å²) in [7, 11) is -10.4. The second-order valence-electron chi connectivity index (χ2n) is 29.1. The Morgan fingerprint density at radius 1 is 0.423 bits per heavy atom. The number of anilines is 9. The molecular formula is C77H77BrF9N9O12S3. The molecule has 5 N–H and O–H groups in total. The van der Waals surface area contributed by atoms with Crippen molar-refractivity contribution in [2.24, 2.45) is 0 Å². The van der Waals surface area contributed by atoms with Crippen LogP contribution in [0, 0.1) is 0 Å². The maximum atomic E-state index is 14.1. The minimum atomic E-state index is -4.73. The van der Waals surface area contributed by atoms with Crippen LogP contribution in [-0.4, -0.2) is 89.8 Å². The van der Waals surface area contributed by atoms with E-state index in [9.17, 15) is 84.6 Å². The first-order valence-electron chi connectivity index (χ1n) is 34.0. The third kappa shape index (κ3) is 18.2. The van der Waals surface area contributed by atoms with Crippen LogP contribution in [0.25, 0.3) is 0 Å². The number of alkyl halides is 9. The summed E-state index contributed by atoms with van der Waals surface area (Å²) in [4.78, 5) is 36.2. The summed E-state index contributed by atoms with van der Waals surface area (Å²) >= 11 is 3.36. The molecule has 0 aliphatic carbocycles. The number of nitrogens with zero attached hydrogens (tertiary/aromatic N) is 6. The summed E-state index contributed by atoms with van der Waals surface area (Å²) in [5.41, 5.74) is 1.28. The molecule has 9 aromatic rings. The number of ether oxygens (including phenoxy) is 2. The van der Waals surface area contributed by atoms with Gasteiger partial charge in [-0.3, -0.25) is 22.5 Å². The zero-order valence-corrected chi connectivity index (χ0v) is 65.5. The second-order valence-corrected chi connectivity index (χ2v) is 35.6. The van der Waals surface area contributed by atoms with Gasteiger partial charge in [-0.05, 0) is 141 Å². The molecule has 3 aliphatic heterocycles. The fourth-order valence-corrected chi connectivity index (χ4v) is 16.7. The zero-order valence-electron chi connectivity index (χ0n) is 61.4. The maximum absolute atomic E-state index is 14.1. The number of nitrogens with one attached hydrogen (secondary N) is 3. The topological polar surface area (TPSA) is 280 Å². The van der Waals surface area contributed by atoms with E-state index in [0.29, 0.717) is 27.0 Å². The number of sulfonamides is 3. The SMILES string of the molecule is CC(C)(C)c1ccc(S(=O)(=O)N2Cc3ccc(C(F)(F)F)nc3Nc3ccc(Br)cc32)cc1.CC(C)(C)c1ccc(S(=O)(=O)N2Cc3ccc(C(F)(F)F)nc3Nc3ccc(C(CO)CO)cc32)cc1.COC(=O)C(C(=O)OC)c1ccc2c(c1)N(S(=O)(=O)c1ccc(C(C)(C)C)cc1)Cc1ccc(C(F)(F)F)nc1N2. The molecule has 0 amide bonds. The van der Waals surface area contributed by atoms with Crippen LogP contribution in [0.3, 0.4) is 0 Å². The number of rotatable bonds is 12. The Balaban J connectivity index is 0.000000178. The highest BCUT2D eigenvalue weighted by molar-refractivity contribution is 9.10. The number of aromatic nitrogens is 3. The van der Waals surface area contributed by atoms with Gasteiger partial charge in [0.15, 0.2) is 5.92 Å². The normalized spacial score (nSPS) is 13.9. The van der Waals surface area contributed by atoms with Crippen LogP contribution < -0.4 is 28.9 Å². The number of pyridine rings is 3. The van der Waals surface area contributed by atoms with Crippen LogP contribution in [0.5, 0.6) is 0 Å². The van der Waals surface area contributed by atoms with Gasteiger partial charge in [0.1, 0.15) is 34.5 Å². The Morgan fingerprint density at radius 2 is 0.703 bits per heavy atom. The quantitative estimate of drug-likeness (QED) is 0.0432. The third-order valence-electron chi connectivity index (χ3n) is 18.4. The van der Waals surface area contributed by atoms with Gasteiger partial charge in [-0.15, -0.1) is 0 Å². The molecule has 0 unspecified atom stereocenters. The molecule has 3 aromatic heterocycles. The molecule has 0 saturated heterocycles. The lowest BCUT2D eigenvalue weighted by Crippen LogP contribution is -2.31. The van der Waals surface area contributed by atoms with Crippen LogP contribution in [-0.2, 0) is 104 Å². The number of benzene rings is 6. The van der Waals surface area contributed by atoms with Crippen molar-refractivity contribution < 1.29 is 94.0 Å². The number of aliphatic hydroxyl groups excluding tert-OH is 2. The van der Waals surface area contributed by atoms with Gasteiger partial charge in [-0.2, -0.15) is 39.5 Å². The Kier molecular flexibility index (Phi) is 23.6. The molecule has 21 nitrogen and oxygen atoms in total. The fraction of sp³-hybridized carbons (Fsp3) is 0.312. The number of esters is 2. The molecular weight excluding hydrogens is 1590 g/mol. The summed E-state index contributed by atoms with van der Waals surface area (Å²) in [6.45, 7) is 16.4. The van der Waals surface area contributed by atoms with Crippen LogP contribution in [0.1, 0.15) is 136 Å². The average molecular weight is 1670 g/mol. The summed E-state index contributed by atoms with van der Waals surface area (Å²) in [5.74, 6) is -4.41. The summed E-state index contributed by atoms with van der Waals surface area (Å²) in [6.07, 6.45) is -14.0. The van der Waals surface area contributed by atoms with Crippen molar-refractivity contribution >= 4 is 110 Å². The van der Waals surface area contributed by atoms with Crippen molar-refractivity contribution in [1.82, 2.24) is 15.0 Å². The number of aliphatic hydroxyl groups is 2. The molecule has 0 fully saturated rings. The van der Waals surface area contributed by atoms with E-state index in [2.05, 4.69) is 46.8 Å². The van der Waals surface area contributed by atoms with Crippen molar-refractivity contribution in [1.29, 1.82) is 0 Å². The molecule has 6 heterocycles. The highest BCUT2D eigenvalue weighted by Crippen LogP contribution is 2.46. The van der Waals surface area contributed by atoms with Gasteiger partial charge in [0.2, 0.25) is 0 Å². The molecule has 0 saturated carbocycles. The molecule has 0 atom stereocenters. The number of carbonyl (C=O) groups is 2. The number of halogens is 10. The van der Waals surface area contributed by atoms with Crippen molar-refractivity contribution in [2.75, 3.05) is 56.3 Å². The molecule has 12 rings (SSSR count). The highest BCUT2D eigenvalue weighted by Gasteiger charge is 2.41. The summed E-state index contributed by atoms with van der Waals surface area (Å²) < 4.78 is 217. The van der Waals surface area contributed by atoms with Crippen LogP contribution >= 0.6 is 15.9 Å². The van der Waals surface area contributed by atoms with Crippen LogP contribution in [0.2, 0.25) is 0 Å². The molecule has 0 radical (unpaired) electrons. The number of hydrogen-bond acceptors (Lipinski definition) is 18. The number of hydrogen-bond donors (Lipinski definition) is 5. The molecule has 34 heteroatoms. The maximum Gasteiger partial charge on any atom is 0.433 e. The summed E-state index contributed by atoms with van der Waals surface area (Å²) in [5, 5.41) is 27.9. The lowest BCUT2D eigenvalue weighted by Gasteiger charge is -2.26. The standard InChI is InChI=1S/C28H28F3N3O6S.C26H28F3N3O4S.C23H21BrF3N3O2S/c1-27(2,3)18-8-10-19(11-9-18)41(37,38)34-15-17-7-13-22(28(29,30)31)33-24(17)32-20-12-6-16(14-21(20)34)23(25(35)39-4)26(36)40-5;1-25(2,3)19-6-8-20(9-7-19)37(35,36)32-13-17-5-11-23(26(27,28)29)31-24(17)30-21-10-4-16(12-22(21)32)18(14-33)15-34;1-22(2,3)15-5-8-17(9-6-15)33(31,32)30-13-14-4-11-20(23(25,26)27)29-21(14)28-18-10-7-16(24)12-19(18)30/h6-14,23H,15H2,1-5H3,(H,32,33);4-12,18,33-34H,13-15H2,1-3H3,(H,30,31);4-12H,13H2,1-3H3,(H,28,29).